The first-order valence-corrected chi connectivity index (χ1v) is 8.93. The van der Waals surface area contributed by atoms with Crippen molar-refractivity contribution in [3.05, 3.63) is 47.0 Å². The van der Waals surface area contributed by atoms with Crippen LogP contribution in [-0.2, 0) is 17.6 Å². The molecule has 1 heterocycles. The van der Waals surface area contributed by atoms with Gasteiger partial charge in [0.25, 0.3) is 5.91 Å². The number of carboxylic acids is 1. The number of hydrogen-bond donors (Lipinski definition) is 2. The highest BCUT2D eigenvalue weighted by Gasteiger charge is 2.46. The Balaban J connectivity index is 1.73. The van der Waals surface area contributed by atoms with E-state index in [0.29, 0.717) is 24.9 Å². The van der Waals surface area contributed by atoms with Crippen LogP contribution in [0, 0.1) is 5.82 Å². The van der Waals surface area contributed by atoms with Crippen LogP contribution in [0.25, 0.3) is 5.69 Å². The number of benzene rings is 1. The van der Waals surface area contributed by atoms with Crippen molar-refractivity contribution in [2.75, 3.05) is 0 Å². The van der Waals surface area contributed by atoms with Crippen LogP contribution in [0.1, 0.15) is 53.8 Å². The molecule has 2 aliphatic rings. The van der Waals surface area contributed by atoms with Crippen LogP contribution in [0.15, 0.2) is 24.3 Å². The third-order valence-corrected chi connectivity index (χ3v) is 5.42. The van der Waals surface area contributed by atoms with Crippen molar-refractivity contribution in [2.45, 2.75) is 50.5 Å². The van der Waals surface area contributed by atoms with Crippen LogP contribution in [0.5, 0.6) is 0 Å². The Labute approximate surface area is 150 Å². The quantitative estimate of drug-likeness (QED) is 0.881. The zero-order valence-electron chi connectivity index (χ0n) is 14.3. The Morgan fingerprint density at radius 3 is 2.62 bits per heavy atom. The van der Waals surface area contributed by atoms with Gasteiger partial charge in [-0.1, -0.05) is 6.07 Å². The second-order valence-corrected chi connectivity index (χ2v) is 7.07. The van der Waals surface area contributed by atoms with Crippen LogP contribution in [0.3, 0.4) is 0 Å². The van der Waals surface area contributed by atoms with Crippen molar-refractivity contribution in [2.24, 2.45) is 0 Å². The molecular weight excluding hydrogens is 337 g/mol. The second kappa shape index (κ2) is 6.23. The highest BCUT2D eigenvalue weighted by Crippen LogP contribution is 2.33. The first-order valence-electron chi connectivity index (χ1n) is 8.93. The van der Waals surface area contributed by atoms with Gasteiger partial charge in [-0.25, -0.2) is 13.9 Å². The molecule has 2 N–H and O–H groups in total. The molecule has 136 valence electrons. The lowest BCUT2D eigenvalue weighted by atomic mass is 9.76. The van der Waals surface area contributed by atoms with Crippen LogP contribution in [-0.4, -0.2) is 32.3 Å². The van der Waals surface area contributed by atoms with E-state index in [0.717, 1.165) is 36.9 Å². The monoisotopic (exact) mass is 357 g/mol. The molecule has 2 aliphatic carbocycles. The molecular formula is C19H20FN3O3. The lowest BCUT2D eigenvalue weighted by Gasteiger charge is -2.38. The van der Waals surface area contributed by atoms with Gasteiger partial charge in [-0.15, -0.1) is 0 Å². The van der Waals surface area contributed by atoms with Crippen LogP contribution in [0.2, 0.25) is 0 Å². The van der Waals surface area contributed by atoms with Crippen molar-refractivity contribution in [1.82, 2.24) is 15.1 Å². The van der Waals surface area contributed by atoms with Crippen LogP contribution >= 0.6 is 0 Å². The number of carbonyl (C=O) groups is 2. The summed E-state index contributed by atoms with van der Waals surface area (Å²) in [5, 5.41) is 16.6. The molecule has 1 saturated carbocycles. The molecule has 0 aliphatic heterocycles. The number of aromatic nitrogens is 2. The van der Waals surface area contributed by atoms with E-state index in [1.54, 1.807) is 16.8 Å². The van der Waals surface area contributed by atoms with E-state index in [9.17, 15) is 19.1 Å². The Kier molecular flexibility index (Phi) is 4.01. The third kappa shape index (κ3) is 2.67. The summed E-state index contributed by atoms with van der Waals surface area (Å²) in [7, 11) is 0. The average molecular weight is 357 g/mol. The van der Waals surface area contributed by atoms with Crippen molar-refractivity contribution < 1.29 is 19.1 Å². The number of carboxylic acid groups (broad SMARTS) is 1. The summed E-state index contributed by atoms with van der Waals surface area (Å²) in [6.45, 7) is 0. The van der Waals surface area contributed by atoms with Crippen molar-refractivity contribution in [3.8, 4) is 5.69 Å². The minimum atomic E-state index is -1.18. The van der Waals surface area contributed by atoms with Crippen molar-refractivity contribution in [1.29, 1.82) is 0 Å². The largest absolute Gasteiger partial charge is 0.480 e. The van der Waals surface area contributed by atoms with E-state index in [4.69, 9.17) is 0 Å². The normalized spacial score (nSPS) is 17.9. The van der Waals surface area contributed by atoms with E-state index in [1.807, 2.05) is 0 Å². The molecule has 1 aromatic heterocycles. The summed E-state index contributed by atoms with van der Waals surface area (Å²) in [6, 6.07) is 6.10. The number of aliphatic carboxylic acids is 1. The molecule has 0 spiro atoms. The maximum absolute atomic E-state index is 13.6. The molecule has 2 aromatic rings. The van der Waals surface area contributed by atoms with Crippen LogP contribution in [0.4, 0.5) is 4.39 Å². The Morgan fingerprint density at radius 2 is 1.96 bits per heavy atom. The van der Waals surface area contributed by atoms with Gasteiger partial charge in [-0.05, 0) is 63.1 Å². The van der Waals surface area contributed by atoms with Gasteiger partial charge >= 0.3 is 5.97 Å². The highest BCUT2D eigenvalue weighted by atomic mass is 19.1. The summed E-state index contributed by atoms with van der Waals surface area (Å²) in [6.07, 6.45) is 5.05. The van der Waals surface area contributed by atoms with E-state index in [1.165, 1.54) is 12.1 Å². The van der Waals surface area contributed by atoms with Crippen molar-refractivity contribution in [3.63, 3.8) is 0 Å². The van der Waals surface area contributed by atoms with Gasteiger partial charge in [0.15, 0.2) is 5.69 Å². The molecule has 1 fully saturated rings. The maximum Gasteiger partial charge on any atom is 0.329 e. The zero-order valence-corrected chi connectivity index (χ0v) is 14.3. The molecule has 26 heavy (non-hydrogen) atoms. The summed E-state index contributed by atoms with van der Waals surface area (Å²) >= 11 is 0. The van der Waals surface area contributed by atoms with Crippen LogP contribution < -0.4 is 5.32 Å². The molecule has 0 radical (unpaired) electrons. The molecule has 1 amide bonds. The molecule has 7 heteroatoms. The molecule has 0 unspecified atom stereocenters. The standard InChI is InChI=1S/C19H20FN3O3/c20-12-5-3-6-13(11-12)23-15-8-2-1-7-14(15)16(22-23)17(24)21-19(18(25)26)9-4-10-19/h3,5-6,11H,1-2,4,7-10H2,(H,21,24)(H,25,26). The number of amides is 1. The number of nitrogens with one attached hydrogen (secondary N) is 1. The zero-order chi connectivity index (χ0) is 18.3. The highest BCUT2D eigenvalue weighted by molar-refractivity contribution is 5.98. The number of carbonyl (C=O) groups excluding carboxylic acids is 1. The first kappa shape index (κ1) is 16.8. The van der Waals surface area contributed by atoms with E-state index >= 15 is 0 Å². The van der Waals surface area contributed by atoms with Gasteiger partial charge in [0, 0.05) is 11.3 Å². The summed E-state index contributed by atoms with van der Waals surface area (Å²) in [5.41, 5.74) is 1.40. The van der Waals surface area contributed by atoms with Gasteiger partial charge in [-0.2, -0.15) is 5.10 Å². The fourth-order valence-corrected chi connectivity index (χ4v) is 3.80. The summed E-state index contributed by atoms with van der Waals surface area (Å²) in [5.74, 6) is -1.83. The fourth-order valence-electron chi connectivity index (χ4n) is 3.80. The molecule has 6 nitrogen and oxygen atoms in total. The predicted molar refractivity (Wildman–Crippen MR) is 91.8 cm³/mol. The smallest absolute Gasteiger partial charge is 0.329 e. The first-order chi connectivity index (χ1) is 12.5. The van der Waals surface area contributed by atoms with Gasteiger partial charge < -0.3 is 10.4 Å². The Bertz CT molecular complexity index is 886. The maximum atomic E-state index is 13.6. The fraction of sp³-hybridized carbons (Fsp3) is 0.421. The van der Waals surface area contributed by atoms with E-state index < -0.39 is 17.4 Å². The lowest BCUT2D eigenvalue weighted by molar-refractivity contribution is -0.148. The molecule has 1 aromatic carbocycles. The molecule has 4 rings (SSSR count). The molecule has 0 bridgehead atoms. The number of hydrogen-bond acceptors (Lipinski definition) is 3. The minimum absolute atomic E-state index is 0.261. The van der Waals surface area contributed by atoms with Gasteiger partial charge in [0.2, 0.25) is 0 Å². The predicted octanol–water partition coefficient (Wildman–Crippen LogP) is 2.63. The minimum Gasteiger partial charge on any atom is -0.480 e. The Morgan fingerprint density at radius 1 is 1.19 bits per heavy atom. The molecule has 0 atom stereocenters. The van der Waals surface area contributed by atoms with Gasteiger partial charge in [0.1, 0.15) is 11.4 Å². The SMILES string of the molecule is O=C(NC1(C(=O)O)CCC1)c1nn(-c2cccc(F)c2)c2c1CCCC2. The van der Waals surface area contributed by atoms with Gasteiger partial charge in [0.05, 0.1) is 5.69 Å². The lowest BCUT2D eigenvalue weighted by Crippen LogP contribution is -2.59. The average Bonchev–Trinajstić information content (AvgIpc) is 2.97. The second-order valence-electron chi connectivity index (χ2n) is 7.07. The Hall–Kier alpha value is -2.70. The topological polar surface area (TPSA) is 84.2 Å². The number of nitrogens with zero attached hydrogens (tertiary/aromatic N) is 2. The summed E-state index contributed by atoms with van der Waals surface area (Å²) < 4.78 is 15.3. The van der Waals surface area contributed by atoms with Crippen molar-refractivity contribution >= 4 is 11.9 Å². The number of rotatable bonds is 4. The number of halogens is 1. The van der Waals surface area contributed by atoms with E-state index in [-0.39, 0.29) is 11.5 Å². The summed E-state index contributed by atoms with van der Waals surface area (Å²) in [4.78, 5) is 24.4. The van der Waals surface area contributed by atoms with Gasteiger partial charge in [-0.3, -0.25) is 4.79 Å². The third-order valence-electron chi connectivity index (χ3n) is 5.42. The molecule has 0 saturated heterocycles. The van der Waals surface area contributed by atoms with E-state index in [2.05, 4.69) is 10.4 Å². The number of fused-ring (bicyclic) bond motifs is 1.